The summed E-state index contributed by atoms with van der Waals surface area (Å²) in [6.45, 7) is 0.759. The lowest BCUT2D eigenvalue weighted by atomic mass is 9.86. The van der Waals surface area contributed by atoms with Crippen molar-refractivity contribution in [1.82, 2.24) is 0 Å². The van der Waals surface area contributed by atoms with Crippen LogP contribution in [0.25, 0.3) is 17.2 Å². The molecule has 0 N–H and O–H groups in total. The molecule has 1 atom stereocenters. The van der Waals surface area contributed by atoms with Crippen LogP contribution < -0.4 is 4.74 Å². The van der Waals surface area contributed by atoms with Crippen molar-refractivity contribution in [3.8, 4) is 16.9 Å². The zero-order chi connectivity index (χ0) is 21.0. The Labute approximate surface area is 183 Å². The fourth-order valence-corrected chi connectivity index (χ4v) is 4.32. The van der Waals surface area contributed by atoms with Gasteiger partial charge in [0.05, 0.1) is 6.61 Å². The molecule has 1 saturated heterocycles. The van der Waals surface area contributed by atoms with Crippen molar-refractivity contribution in [2.24, 2.45) is 0 Å². The van der Waals surface area contributed by atoms with Gasteiger partial charge in [0.1, 0.15) is 5.75 Å². The molecule has 1 heterocycles. The van der Waals surface area contributed by atoms with Gasteiger partial charge in [-0.3, -0.25) is 4.79 Å². The monoisotopic (exact) mass is 410 g/mol. The van der Waals surface area contributed by atoms with Crippen LogP contribution in [0.1, 0.15) is 47.2 Å². The highest BCUT2D eigenvalue weighted by molar-refractivity contribution is 6.13. The van der Waals surface area contributed by atoms with Gasteiger partial charge in [-0.05, 0) is 72.2 Å². The topological polar surface area (TPSA) is 35.5 Å². The number of hydrogen-bond acceptors (Lipinski definition) is 3. The van der Waals surface area contributed by atoms with E-state index in [1.54, 1.807) is 0 Å². The summed E-state index contributed by atoms with van der Waals surface area (Å²) in [7, 11) is 0. The van der Waals surface area contributed by atoms with Gasteiger partial charge in [-0.15, -0.1) is 0 Å². The first-order valence-corrected chi connectivity index (χ1v) is 11.1. The highest BCUT2D eigenvalue weighted by Crippen LogP contribution is 2.31. The zero-order valence-corrected chi connectivity index (χ0v) is 17.6. The molecule has 0 aromatic heterocycles. The van der Waals surface area contributed by atoms with Gasteiger partial charge in [-0.25, -0.2) is 0 Å². The van der Waals surface area contributed by atoms with Gasteiger partial charge in [0.2, 0.25) is 0 Å². The van der Waals surface area contributed by atoms with Gasteiger partial charge in [-0.2, -0.15) is 0 Å². The van der Waals surface area contributed by atoms with Crippen molar-refractivity contribution >= 4 is 11.9 Å². The predicted molar refractivity (Wildman–Crippen MR) is 123 cm³/mol. The van der Waals surface area contributed by atoms with Crippen LogP contribution in [-0.4, -0.2) is 18.7 Å². The summed E-state index contributed by atoms with van der Waals surface area (Å²) in [6.07, 6.45) is 6.61. The molecule has 1 aliphatic carbocycles. The van der Waals surface area contributed by atoms with Gasteiger partial charge < -0.3 is 9.47 Å². The van der Waals surface area contributed by atoms with E-state index in [0.717, 1.165) is 66.7 Å². The van der Waals surface area contributed by atoms with E-state index >= 15 is 0 Å². The molecule has 0 amide bonds. The number of ether oxygens (including phenoxy) is 2. The molecule has 3 aromatic rings. The quantitative estimate of drug-likeness (QED) is 0.462. The van der Waals surface area contributed by atoms with E-state index in [1.807, 2.05) is 42.5 Å². The minimum absolute atomic E-state index is 0.119. The number of fused-ring (bicyclic) bond motifs is 1. The van der Waals surface area contributed by atoms with Crippen molar-refractivity contribution in [2.45, 2.75) is 38.4 Å². The van der Waals surface area contributed by atoms with Crippen molar-refractivity contribution < 1.29 is 14.3 Å². The summed E-state index contributed by atoms with van der Waals surface area (Å²) < 4.78 is 11.6. The first-order chi connectivity index (χ1) is 15.3. The van der Waals surface area contributed by atoms with Gasteiger partial charge >= 0.3 is 0 Å². The lowest BCUT2D eigenvalue weighted by Gasteiger charge is -2.24. The number of allylic oxidation sites excluding steroid dienone is 1. The average molecular weight is 411 g/mol. The molecular formula is C28H26O3. The number of rotatable bonds is 4. The summed E-state index contributed by atoms with van der Waals surface area (Å²) in [5.74, 6) is 0.913. The van der Waals surface area contributed by atoms with Gasteiger partial charge in [-0.1, -0.05) is 54.6 Å². The molecule has 1 aliphatic heterocycles. The Bertz CT molecular complexity index is 1090. The van der Waals surface area contributed by atoms with Crippen LogP contribution in [0, 0.1) is 0 Å². The highest BCUT2D eigenvalue weighted by atomic mass is 16.7. The molecule has 2 aliphatic rings. The van der Waals surface area contributed by atoms with Crippen LogP contribution >= 0.6 is 0 Å². The smallest absolute Gasteiger partial charge is 0.199 e. The second-order valence-corrected chi connectivity index (χ2v) is 8.22. The Morgan fingerprint density at radius 2 is 1.68 bits per heavy atom. The molecule has 0 radical (unpaired) electrons. The molecule has 3 aromatic carbocycles. The van der Waals surface area contributed by atoms with Crippen LogP contribution in [-0.2, 0) is 11.2 Å². The van der Waals surface area contributed by atoms with E-state index in [-0.39, 0.29) is 12.1 Å². The van der Waals surface area contributed by atoms with Gasteiger partial charge in [0, 0.05) is 17.6 Å². The minimum Gasteiger partial charge on any atom is -0.465 e. The largest absolute Gasteiger partial charge is 0.465 e. The number of ketones is 1. The standard InChI is InChI=1S/C28H26O3/c29-28-24(18-20-9-11-22(12-10-20)21-6-2-1-3-7-21)14-13-23-19-25(15-16-26(23)28)31-27-8-4-5-17-30-27/h1-3,6-7,9-12,15-16,18-19,27H,4-5,8,13-14,17H2/b24-18+. The zero-order valence-electron chi connectivity index (χ0n) is 17.6. The van der Waals surface area contributed by atoms with E-state index in [4.69, 9.17) is 9.47 Å². The number of Topliss-reactive ketones (excluding diaryl/α,β-unsaturated/α-hetero) is 1. The molecule has 31 heavy (non-hydrogen) atoms. The molecule has 156 valence electrons. The third kappa shape index (κ3) is 4.47. The first kappa shape index (κ1) is 19.8. The first-order valence-electron chi connectivity index (χ1n) is 11.1. The molecule has 0 bridgehead atoms. The summed E-state index contributed by atoms with van der Waals surface area (Å²) in [6, 6.07) is 24.5. The number of carbonyl (C=O) groups excluding carboxylic acids is 1. The molecule has 5 rings (SSSR count). The maximum absolute atomic E-state index is 13.1. The lowest BCUT2D eigenvalue weighted by molar-refractivity contribution is -0.105. The molecular weight excluding hydrogens is 384 g/mol. The van der Waals surface area contributed by atoms with Crippen LogP contribution in [0.2, 0.25) is 0 Å². The van der Waals surface area contributed by atoms with Crippen LogP contribution in [0.15, 0.2) is 78.4 Å². The molecule has 1 unspecified atom stereocenters. The van der Waals surface area contributed by atoms with E-state index in [0.29, 0.717) is 0 Å². The highest BCUT2D eigenvalue weighted by Gasteiger charge is 2.23. The maximum atomic E-state index is 13.1. The van der Waals surface area contributed by atoms with Crippen LogP contribution in [0.4, 0.5) is 0 Å². The third-order valence-electron chi connectivity index (χ3n) is 6.04. The Hall–Kier alpha value is -3.17. The van der Waals surface area contributed by atoms with E-state index < -0.39 is 0 Å². The van der Waals surface area contributed by atoms with E-state index in [9.17, 15) is 4.79 Å². The number of benzene rings is 3. The molecule has 0 spiro atoms. The Morgan fingerprint density at radius 3 is 2.45 bits per heavy atom. The molecule has 1 fully saturated rings. The lowest BCUT2D eigenvalue weighted by Crippen LogP contribution is -2.25. The third-order valence-corrected chi connectivity index (χ3v) is 6.04. The van der Waals surface area contributed by atoms with Crippen LogP contribution in [0.5, 0.6) is 5.75 Å². The summed E-state index contributed by atoms with van der Waals surface area (Å²) in [4.78, 5) is 13.1. The fraction of sp³-hybridized carbons (Fsp3) is 0.250. The van der Waals surface area contributed by atoms with E-state index in [2.05, 4.69) is 36.4 Å². The Balaban J connectivity index is 1.31. The van der Waals surface area contributed by atoms with Gasteiger partial charge in [0.15, 0.2) is 12.1 Å². The molecule has 0 saturated carbocycles. The Kier molecular flexibility index (Phi) is 5.68. The Morgan fingerprint density at radius 1 is 0.871 bits per heavy atom. The normalized spacial score (nSPS) is 19.8. The summed E-state index contributed by atoms with van der Waals surface area (Å²) >= 11 is 0. The number of aryl methyl sites for hydroxylation is 1. The minimum atomic E-state index is -0.166. The maximum Gasteiger partial charge on any atom is 0.199 e. The predicted octanol–water partition coefficient (Wildman–Crippen LogP) is 6.47. The fourth-order valence-electron chi connectivity index (χ4n) is 4.32. The molecule has 3 nitrogen and oxygen atoms in total. The summed E-state index contributed by atoms with van der Waals surface area (Å²) in [5, 5.41) is 0. The average Bonchev–Trinajstić information content (AvgIpc) is 2.83. The van der Waals surface area contributed by atoms with E-state index in [1.165, 1.54) is 11.1 Å². The van der Waals surface area contributed by atoms with Crippen molar-refractivity contribution in [3.05, 3.63) is 95.1 Å². The SMILES string of the molecule is O=C1/C(=C/c2ccc(-c3ccccc3)cc2)CCc2cc(OC3CCCCO3)ccc21. The number of hydrogen-bond donors (Lipinski definition) is 0. The van der Waals surface area contributed by atoms with Crippen LogP contribution in [0.3, 0.4) is 0 Å². The van der Waals surface area contributed by atoms with Crippen molar-refractivity contribution in [1.29, 1.82) is 0 Å². The van der Waals surface area contributed by atoms with Crippen molar-refractivity contribution in [3.63, 3.8) is 0 Å². The molecule has 3 heteroatoms. The second-order valence-electron chi connectivity index (χ2n) is 8.22. The van der Waals surface area contributed by atoms with Gasteiger partial charge in [0.25, 0.3) is 0 Å². The second kappa shape index (κ2) is 8.91. The number of carbonyl (C=O) groups is 1. The van der Waals surface area contributed by atoms with Crippen molar-refractivity contribution in [2.75, 3.05) is 6.61 Å². The summed E-state index contributed by atoms with van der Waals surface area (Å²) in [5.41, 5.74) is 6.15.